The fourth-order valence-electron chi connectivity index (χ4n) is 15.4. The van der Waals surface area contributed by atoms with Gasteiger partial charge in [0, 0.05) is 92.0 Å². The van der Waals surface area contributed by atoms with E-state index in [0.29, 0.717) is 91.0 Å². The Hall–Kier alpha value is -8.28. The van der Waals surface area contributed by atoms with Crippen molar-refractivity contribution in [3.05, 3.63) is 191 Å². The van der Waals surface area contributed by atoms with Crippen molar-refractivity contribution in [2.24, 2.45) is 35.5 Å². The van der Waals surface area contributed by atoms with Crippen LogP contribution in [0.15, 0.2) is 169 Å². The van der Waals surface area contributed by atoms with E-state index >= 15 is 0 Å². The summed E-state index contributed by atoms with van der Waals surface area (Å²) in [6.07, 6.45) is 10.9. The summed E-state index contributed by atoms with van der Waals surface area (Å²) in [5.74, 6) is 1.76. The molecule has 8 heterocycles. The van der Waals surface area contributed by atoms with Gasteiger partial charge in [0.25, 0.3) is 12.6 Å². The second-order valence-corrected chi connectivity index (χ2v) is 32.0. The molecule has 608 valence electrons. The van der Waals surface area contributed by atoms with Crippen LogP contribution in [0.2, 0.25) is 0 Å². The number of anilines is 1. The zero-order valence-electron chi connectivity index (χ0n) is 65.3. The fourth-order valence-corrected chi connectivity index (χ4v) is 16.6. The summed E-state index contributed by atoms with van der Waals surface area (Å²) < 4.78 is 53.9. The van der Waals surface area contributed by atoms with E-state index in [9.17, 15) is 33.6 Å². The van der Waals surface area contributed by atoms with Crippen molar-refractivity contribution < 1.29 is 80.9 Å². The van der Waals surface area contributed by atoms with Crippen molar-refractivity contribution in [2.45, 2.75) is 176 Å². The van der Waals surface area contributed by atoms with Crippen molar-refractivity contribution in [1.29, 1.82) is 0 Å². The number of terminal acetylenes is 1. The number of likely N-dealkylation sites (N-methyl/N-ethyl adjacent to an activating group) is 1. The number of fused-ring (bicyclic) bond motifs is 1. The van der Waals surface area contributed by atoms with Crippen LogP contribution in [0.1, 0.15) is 129 Å². The van der Waals surface area contributed by atoms with E-state index in [1.807, 2.05) is 113 Å². The number of piperazine rings is 1. The van der Waals surface area contributed by atoms with E-state index in [1.54, 1.807) is 0 Å². The Bertz CT molecular complexity index is 4220. The van der Waals surface area contributed by atoms with Crippen LogP contribution >= 0.6 is 58.0 Å². The van der Waals surface area contributed by atoms with Gasteiger partial charge in [0.2, 0.25) is 18.9 Å². The van der Waals surface area contributed by atoms with Crippen molar-refractivity contribution >= 4 is 105 Å². The summed E-state index contributed by atoms with van der Waals surface area (Å²) in [6.45, 7) is 23.7. The van der Waals surface area contributed by atoms with Crippen LogP contribution in [0.3, 0.4) is 0 Å². The van der Waals surface area contributed by atoms with E-state index in [-0.39, 0.29) is 44.0 Å². The first-order chi connectivity index (χ1) is 54.2. The lowest BCUT2D eigenvalue weighted by Crippen LogP contribution is -2.47. The third kappa shape index (κ3) is 23.1. The number of ether oxygens (including phenoxy) is 10. The van der Waals surface area contributed by atoms with Gasteiger partial charge >= 0.3 is 41.8 Å². The molecule has 28 heteroatoms. The Morgan fingerprint density at radius 1 is 0.531 bits per heavy atom. The molecule has 14 rings (SSSR count). The highest BCUT2D eigenvalue weighted by molar-refractivity contribution is 6.44. The number of benzene rings is 4. The average molecular weight is 1660 g/mol. The first-order valence-corrected chi connectivity index (χ1v) is 40.4. The molecule has 8 aliphatic heterocycles. The van der Waals surface area contributed by atoms with Crippen LogP contribution in [0.5, 0.6) is 0 Å². The molecule has 11 atom stereocenters. The summed E-state index contributed by atoms with van der Waals surface area (Å²) in [5, 5.41) is 3.35. The zero-order valence-corrected chi connectivity index (χ0v) is 69.0. The monoisotopic (exact) mass is 1650 g/mol. The molecule has 2 saturated heterocycles. The lowest BCUT2D eigenvalue weighted by Gasteiger charge is -2.39. The largest absolute Gasteiger partial charge is 0.425 e. The number of hydrogen-bond donors (Lipinski definition) is 1. The molecule has 2 saturated carbocycles. The lowest BCUT2D eigenvalue weighted by atomic mass is 9.75. The van der Waals surface area contributed by atoms with Gasteiger partial charge in [0.05, 0.1) is 12.2 Å². The summed E-state index contributed by atoms with van der Waals surface area (Å²) in [4.78, 5) is 91.4. The van der Waals surface area contributed by atoms with Gasteiger partial charge in [-0.15, -0.1) is 6.42 Å². The summed E-state index contributed by atoms with van der Waals surface area (Å²) in [5.41, 5.74) is 8.22. The number of halogens is 5. The number of para-hydroxylation sites is 1. The molecule has 10 aliphatic rings. The number of nitrogens with zero attached hydrogens (tertiary/aromatic N) is 5. The van der Waals surface area contributed by atoms with Crippen LogP contribution in [-0.2, 0) is 107 Å². The van der Waals surface area contributed by atoms with Gasteiger partial charge in [-0.3, -0.25) is 14.5 Å². The second kappa shape index (κ2) is 41.3. The number of likely N-dealkylation sites (tertiary alicyclic amines) is 1. The average Bonchev–Trinajstić information content (AvgIpc) is 1.63. The second-order valence-electron chi connectivity index (χ2n) is 30.1. The van der Waals surface area contributed by atoms with E-state index in [4.69, 9.17) is 112 Å². The molecule has 2 aliphatic carbocycles. The normalized spacial score (nSPS) is 25.4. The number of cyclic esters (lactones) is 5. The standard InChI is InChI=1S/C22H30ClNO3.C18H28ClNO3.C17H19ClN2O4.C14H12ClNO4.C14H12ClNO3/c1-14(2)17-11-10-15(3)12-18(17)26-22-20(19(23)21(25)27-22)24(4)13-16-8-6-5-7-9-16;1-11(2)13-7-6-12(3)10-14(13)22-18-16(15(19)17(21)23-18)20-8-4-5-9-20;1-12(21)23-17-15(14(18)16(22)24-17)20-9-7-19(8-10-20)11-13-5-3-2-4-6-13;1-8(17)19-14-12(11(15)13(18)20-14)16-7-6-9-4-2-3-5-10(9)16;1-2-8-18-14-12(11(15)13(17)19-14)16-9-10-6-4-3-5-7-10/h5-9,14-15,17-18,22H,10-13H2,1-4H3;11-14,18H,4-10H2,1-3H3;2-6,17H,7-11H2,1H3;2-5,14H,6-7H2,1H3;1,3-7,14,16H,8-9H2. The molecule has 0 bridgehead atoms. The molecule has 0 radical (unpaired) electrons. The predicted octanol–water partition coefficient (Wildman–Crippen LogP) is 14.2. The smallest absolute Gasteiger partial charge is 0.355 e. The topological polar surface area (TPSA) is 240 Å². The van der Waals surface area contributed by atoms with E-state index in [1.165, 1.54) is 38.7 Å². The van der Waals surface area contributed by atoms with Gasteiger partial charge in [0.15, 0.2) is 25.2 Å². The van der Waals surface area contributed by atoms with Gasteiger partial charge in [-0.25, -0.2) is 24.0 Å². The number of carbonyl (C=O) groups is 7. The molecular weight excluding hydrogens is 1550 g/mol. The third-order valence-corrected chi connectivity index (χ3v) is 23.0. The van der Waals surface area contributed by atoms with E-state index < -0.39 is 73.2 Å². The van der Waals surface area contributed by atoms with Crippen molar-refractivity contribution in [2.75, 3.05) is 64.4 Å². The summed E-state index contributed by atoms with van der Waals surface area (Å²) in [6, 6.07) is 37.9. The maximum absolute atomic E-state index is 12.2. The minimum atomic E-state index is -1.07. The highest BCUT2D eigenvalue weighted by atomic mass is 35.5. The molecule has 0 amide bonds. The first-order valence-electron chi connectivity index (χ1n) is 38.6. The zero-order chi connectivity index (χ0) is 81.2. The van der Waals surface area contributed by atoms with E-state index in [0.717, 1.165) is 99.3 Å². The molecular formula is C85H101Cl5N6O17. The number of hydrogen-bond acceptors (Lipinski definition) is 23. The van der Waals surface area contributed by atoms with Crippen LogP contribution < -0.4 is 10.2 Å². The molecule has 23 nitrogen and oxygen atoms in total. The van der Waals surface area contributed by atoms with Crippen molar-refractivity contribution in [3.63, 3.8) is 0 Å². The van der Waals surface area contributed by atoms with Gasteiger partial charge < -0.3 is 72.3 Å². The third-order valence-electron chi connectivity index (χ3n) is 21.2. The molecule has 4 aromatic rings. The van der Waals surface area contributed by atoms with Crippen LogP contribution in [0, 0.1) is 47.9 Å². The SMILES string of the molecule is C#CCOC1OC(=O)C(Cl)=C1NCc1ccccc1.CC(=O)OC1OC(=O)C(Cl)=C1N1CCN(Cc2ccccc2)CC1.CC(=O)OC1OC(=O)C(Cl)=C1N1CCc2ccccc21.CC1CCC(C(C)C)C(OC2OC(=O)C(Cl)=C2N(C)Cc2ccccc2)C1.CC1CCC(C(C)C)C(OC2OC(=O)C(Cl)=C2N2CCCC2)C1. The van der Waals surface area contributed by atoms with Gasteiger partial charge in [-0.1, -0.05) is 228 Å². The van der Waals surface area contributed by atoms with Crippen LogP contribution in [0.25, 0.3) is 0 Å². The molecule has 0 spiro atoms. The first kappa shape index (κ1) is 87.1. The van der Waals surface area contributed by atoms with Crippen LogP contribution in [0.4, 0.5) is 5.69 Å². The maximum atomic E-state index is 12.2. The summed E-state index contributed by atoms with van der Waals surface area (Å²) >= 11 is 30.5. The lowest BCUT2D eigenvalue weighted by molar-refractivity contribution is -0.185. The number of esters is 7. The van der Waals surface area contributed by atoms with Crippen LogP contribution in [-0.4, -0.2) is 165 Å². The van der Waals surface area contributed by atoms with Crippen molar-refractivity contribution in [3.8, 4) is 12.3 Å². The predicted molar refractivity (Wildman–Crippen MR) is 427 cm³/mol. The van der Waals surface area contributed by atoms with Gasteiger partial charge in [0.1, 0.15) is 35.1 Å². The Kier molecular flexibility index (Phi) is 31.9. The van der Waals surface area contributed by atoms with Crippen molar-refractivity contribution in [1.82, 2.24) is 24.9 Å². The molecule has 1 N–H and O–H groups in total. The molecule has 11 unspecified atom stereocenters. The highest BCUT2D eigenvalue weighted by Gasteiger charge is 2.46. The molecule has 4 fully saturated rings. The summed E-state index contributed by atoms with van der Waals surface area (Å²) in [7, 11) is 1.92. The molecule has 113 heavy (non-hydrogen) atoms. The minimum Gasteiger partial charge on any atom is -0.425 e. The minimum absolute atomic E-state index is 0.00190. The van der Waals surface area contributed by atoms with E-state index in [2.05, 4.69) is 86.8 Å². The molecule has 4 aromatic carbocycles. The Balaban J connectivity index is 0.000000150. The Morgan fingerprint density at radius 2 is 0.973 bits per heavy atom. The van der Waals surface area contributed by atoms with Gasteiger partial charge in [-0.05, 0) is 109 Å². The Labute approximate surface area is 687 Å². The quantitative estimate of drug-likeness (QED) is 0.0463. The maximum Gasteiger partial charge on any atom is 0.355 e. The van der Waals surface area contributed by atoms with Gasteiger partial charge in [-0.2, -0.15) is 0 Å². The number of carbonyl (C=O) groups excluding carboxylic acids is 7. The molecule has 0 aromatic heterocycles. The number of nitrogens with one attached hydrogen (secondary N) is 1. The highest BCUT2D eigenvalue weighted by Crippen LogP contribution is 2.43. The Morgan fingerprint density at radius 3 is 1.51 bits per heavy atom. The fraction of sp³-hybridized carbons (Fsp3) is 0.494. The number of rotatable bonds is 21.